The fraction of sp³-hybridized carbons (Fsp3) is 0.500. The van der Waals surface area contributed by atoms with Crippen LogP contribution in [0.4, 0.5) is 0 Å². The van der Waals surface area contributed by atoms with Crippen molar-refractivity contribution >= 4 is 5.91 Å². The lowest BCUT2D eigenvalue weighted by Crippen LogP contribution is -2.32. The van der Waals surface area contributed by atoms with Crippen LogP contribution < -0.4 is 5.32 Å². The van der Waals surface area contributed by atoms with E-state index >= 15 is 0 Å². The molecular weight excluding hydrogens is 214 g/mol. The number of hydrogen-bond acceptors (Lipinski definition) is 2. The highest BCUT2D eigenvalue weighted by atomic mass is 16.5. The molecule has 1 aromatic rings. The van der Waals surface area contributed by atoms with Crippen LogP contribution in [-0.4, -0.2) is 19.6 Å². The molecule has 1 N–H and O–H groups in total. The smallest absolute Gasteiger partial charge is 0.223 e. The molecule has 3 atom stereocenters. The monoisotopic (exact) mass is 233 g/mol. The first-order valence-corrected chi connectivity index (χ1v) is 6.06. The fourth-order valence-electron chi connectivity index (χ4n) is 2.04. The van der Waals surface area contributed by atoms with Gasteiger partial charge in [-0.15, -0.1) is 0 Å². The van der Waals surface area contributed by atoms with Crippen LogP contribution >= 0.6 is 0 Å². The van der Waals surface area contributed by atoms with Crippen LogP contribution in [0.15, 0.2) is 30.3 Å². The Balaban J connectivity index is 2.00. The molecule has 0 heterocycles. The zero-order valence-electron chi connectivity index (χ0n) is 10.3. The number of benzene rings is 1. The first-order valence-electron chi connectivity index (χ1n) is 6.06. The Morgan fingerprint density at radius 1 is 1.47 bits per heavy atom. The van der Waals surface area contributed by atoms with Crippen molar-refractivity contribution < 1.29 is 9.53 Å². The largest absolute Gasteiger partial charge is 0.382 e. The molecule has 0 spiro atoms. The molecule has 1 aromatic carbocycles. The third kappa shape index (κ3) is 3.07. The summed E-state index contributed by atoms with van der Waals surface area (Å²) in [6, 6.07) is 9.91. The topological polar surface area (TPSA) is 38.3 Å². The maximum absolute atomic E-state index is 11.9. The van der Waals surface area contributed by atoms with Gasteiger partial charge in [0.2, 0.25) is 5.91 Å². The van der Waals surface area contributed by atoms with E-state index in [0.29, 0.717) is 12.5 Å². The Kier molecular flexibility index (Phi) is 3.79. The third-order valence-corrected chi connectivity index (χ3v) is 3.30. The molecule has 1 aliphatic carbocycles. The average molecular weight is 233 g/mol. The van der Waals surface area contributed by atoms with Crippen LogP contribution in [0, 0.1) is 11.8 Å². The number of nitrogens with one attached hydrogen (secondary N) is 1. The SMILES string of the molecule is COC[C@H](NC(=O)[C@@H]1C[C@@H]1C)c1ccccc1. The molecule has 2 rings (SSSR count). The van der Waals surface area contributed by atoms with E-state index in [0.717, 1.165) is 12.0 Å². The zero-order valence-corrected chi connectivity index (χ0v) is 10.3. The number of amides is 1. The predicted octanol–water partition coefficient (Wildman–Crippen LogP) is 2.15. The standard InChI is InChI=1S/C14H19NO2/c1-10-8-12(10)14(16)15-13(9-17-2)11-6-4-3-5-7-11/h3-7,10,12-13H,8-9H2,1-2H3,(H,15,16)/t10-,12+,13-/m0/s1. The van der Waals surface area contributed by atoms with Gasteiger partial charge < -0.3 is 10.1 Å². The molecule has 1 saturated carbocycles. The van der Waals surface area contributed by atoms with Gasteiger partial charge in [-0.1, -0.05) is 37.3 Å². The first-order chi connectivity index (χ1) is 8.22. The van der Waals surface area contributed by atoms with Gasteiger partial charge in [0.25, 0.3) is 0 Å². The lowest BCUT2D eigenvalue weighted by Gasteiger charge is -2.18. The third-order valence-electron chi connectivity index (χ3n) is 3.30. The molecule has 0 aromatic heterocycles. The molecule has 3 heteroatoms. The van der Waals surface area contributed by atoms with Crippen molar-refractivity contribution in [3.63, 3.8) is 0 Å². The van der Waals surface area contributed by atoms with Crippen LogP contribution in [0.3, 0.4) is 0 Å². The van der Waals surface area contributed by atoms with Gasteiger partial charge in [-0.25, -0.2) is 0 Å². The van der Waals surface area contributed by atoms with Crippen molar-refractivity contribution in [2.75, 3.05) is 13.7 Å². The summed E-state index contributed by atoms with van der Waals surface area (Å²) in [6.07, 6.45) is 1.01. The van der Waals surface area contributed by atoms with Crippen molar-refractivity contribution in [1.82, 2.24) is 5.32 Å². The number of rotatable bonds is 5. The molecule has 0 aliphatic heterocycles. The Morgan fingerprint density at radius 2 is 2.12 bits per heavy atom. The molecule has 92 valence electrons. The van der Waals surface area contributed by atoms with Gasteiger partial charge in [0, 0.05) is 13.0 Å². The number of ether oxygens (including phenoxy) is 1. The molecule has 0 saturated heterocycles. The molecule has 1 fully saturated rings. The maximum atomic E-state index is 11.9. The highest BCUT2D eigenvalue weighted by Crippen LogP contribution is 2.38. The van der Waals surface area contributed by atoms with E-state index in [4.69, 9.17) is 4.74 Å². The predicted molar refractivity (Wildman–Crippen MR) is 66.5 cm³/mol. The van der Waals surface area contributed by atoms with Gasteiger partial charge in [0.15, 0.2) is 0 Å². The van der Waals surface area contributed by atoms with E-state index in [1.807, 2.05) is 30.3 Å². The van der Waals surface area contributed by atoms with Gasteiger partial charge >= 0.3 is 0 Å². The highest BCUT2D eigenvalue weighted by molar-refractivity contribution is 5.81. The van der Waals surface area contributed by atoms with Gasteiger partial charge in [0.1, 0.15) is 0 Å². The van der Waals surface area contributed by atoms with Crippen LogP contribution in [0.1, 0.15) is 24.9 Å². The Bertz CT molecular complexity index is 377. The Morgan fingerprint density at radius 3 is 2.65 bits per heavy atom. The van der Waals surface area contributed by atoms with E-state index in [1.54, 1.807) is 7.11 Å². The van der Waals surface area contributed by atoms with Gasteiger partial charge in [-0.3, -0.25) is 4.79 Å². The van der Waals surface area contributed by atoms with Crippen LogP contribution in [0.5, 0.6) is 0 Å². The summed E-state index contributed by atoms with van der Waals surface area (Å²) < 4.78 is 5.17. The van der Waals surface area contributed by atoms with Crippen LogP contribution in [-0.2, 0) is 9.53 Å². The lowest BCUT2D eigenvalue weighted by molar-refractivity contribution is -0.123. The van der Waals surface area contributed by atoms with Crippen LogP contribution in [0.25, 0.3) is 0 Å². The lowest BCUT2D eigenvalue weighted by atomic mass is 10.1. The summed E-state index contributed by atoms with van der Waals surface area (Å²) in [4.78, 5) is 11.9. The molecule has 3 nitrogen and oxygen atoms in total. The summed E-state index contributed by atoms with van der Waals surface area (Å²) >= 11 is 0. The van der Waals surface area contributed by atoms with E-state index in [1.165, 1.54) is 0 Å². The zero-order chi connectivity index (χ0) is 12.3. The van der Waals surface area contributed by atoms with Crippen molar-refractivity contribution in [1.29, 1.82) is 0 Å². The second-order valence-electron chi connectivity index (χ2n) is 4.75. The average Bonchev–Trinajstić information content (AvgIpc) is 3.07. The number of carbonyl (C=O) groups is 1. The molecular formula is C14H19NO2. The number of hydrogen-bond donors (Lipinski definition) is 1. The summed E-state index contributed by atoms with van der Waals surface area (Å²) in [5.41, 5.74) is 1.09. The van der Waals surface area contributed by atoms with Gasteiger partial charge in [0.05, 0.1) is 12.6 Å². The van der Waals surface area contributed by atoms with Crippen molar-refractivity contribution in [2.24, 2.45) is 11.8 Å². The van der Waals surface area contributed by atoms with E-state index < -0.39 is 0 Å². The molecule has 1 aliphatic rings. The van der Waals surface area contributed by atoms with Crippen molar-refractivity contribution in [3.05, 3.63) is 35.9 Å². The second-order valence-corrected chi connectivity index (χ2v) is 4.75. The van der Waals surface area contributed by atoms with E-state index in [-0.39, 0.29) is 17.9 Å². The summed E-state index contributed by atoms with van der Waals surface area (Å²) in [7, 11) is 1.65. The molecule has 0 bridgehead atoms. The number of methoxy groups -OCH3 is 1. The summed E-state index contributed by atoms with van der Waals surface area (Å²) in [5, 5.41) is 3.06. The molecule has 1 amide bonds. The molecule has 0 radical (unpaired) electrons. The molecule has 17 heavy (non-hydrogen) atoms. The normalized spacial score (nSPS) is 24.1. The Hall–Kier alpha value is -1.35. The molecule has 0 unspecified atom stereocenters. The minimum atomic E-state index is -0.0403. The van der Waals surface area contributed by atoms with Crippen molar-refractivity contribution in [2.45, 2.75) is 19.4 Å². The minimum absolute atomic E-state index is 0.0403. The quantitative estimate of drug-likeness (QED) is 0.846. The summed E-state index contributed by atoms with van der Waals surface area (Å²) in [5.74, 6) is 0.899. The minimum Gasteiger partial charge on any atom is -0.382 e. The Labute approximate surface area is 102 Å². The fourth-order valence-corrected chi connectivity index (χ4v) is 2.04. The van der Waals surface area contributed by atoms with Crippen LogP contribution in [0.2, 0.25) is 0 Å². The second kappa shape index (κ2) is 5.32. The van der Waals surface area contributed by atoms with E-state index in [9.17, 15) is 4.79 Å². The maximum Gasteiger partial charge on any atom is 0.223 e. The van der Waals surface area contributed by atoms with Crippen molar-refractivity contribution in [3.8, 4) is 0 Å². The highest BCUT2D eigenvalue weighted by Gasteiger charge is 2.39. The first kappa shape index (κ1) is 12.1. The van der Waals surface area contributed by atoms with Gasteiger partial charge in [-0.05, 0) is 17.9 Å². The summed E-state index contributed by atoms with van der Waals surface area (Å²) in [6.45, 7) is 2.62. The van der Waals surface area contributed by atoms with Gasteiger partial charge in [-0.2, -0.15) is 0 Å². The van der Waals surface area contributed by atoms with E-state index in [2.05, 4.69) is 12.2 Å². The number of carbonyl (C=O) groups excluding carboxylic acids is 1.